The summed E-state index contributed by atoms with van der Waals surface area (Å²) >= 11 is 0. The maximum absolute atomic E-state index is 14.4. The lowest BCUT2D eigenvalue weighted by molar-refractivity contribution is -0.189. The van der Waals surface area contributed by atoms with Gasteiger partial charge in [-0.05, 0) is 49.9 Å². The molecule has 0 unspecified atom stereocenters. The van der Waals surface area contributed by atoms with Crippen molar-refractivity contribution >= 4 is 23.1 Å². The molecule has 1 amide bonds. The monoisotopic (exact) mass is 451 g/mol. The van der Waals surface area contributed by atoms with Gasteiger partial charge in [0.15, 0.2) is 5.65 Å². The molecule has 32 heavy (non-hydrogen) atoms. The first-order valence-electron chi connectivity index (χ1n) is 10.1. The molecule has 2 aromatic heterocycles. The number of rotatable bonds is 4. The van der Waals surface area contributed by atoms with Gasteiger partial charge in [-0.15, -0.1) is 0 Å². The van der Waals surface area contributed by atoms with E-state index >= 15 is 0 Å². The molecule has 1 aliphatic heterocycles. The molecular formula is C21H18F5N5O. The highest BCUT2D eigenvalue weighted by atomic mass is 19.4. The SMILES string of the molecule is O=C(Nc1cnn2ccc(N3CCC[C@@H]3c3cc(F)ccc3F)nc12)C1(C(F)(F)F)CC1. The molecule has 0 bridgehead atoms. The number of carbonyl (C=O) groups excluding carboxylic acids is 1. The fourth-order valence-corrected chi connectivity index (χ4v) is 4.25. The molecule has 1 atom stereocenters. The van der Waals surface area contributed by atoms with Gasteiger partial charge in [0, 0.05) is 18.3 Å². The van der Waals surface area contributed by atoms with Crippen LogP contribution in [0.1, 0.15) is 37.3 Å². The van der Waals surface area contributed by atoms with Crippen LogP contribution in [0.5, 0.6) is 0 Å². The van der Waals surface area contributed by atoms with Crippen LogP contribution in [0.4, 0.5) is 33.5 Å². The fraction of sp³-hybridized carbons (Fsp3) is 0.381. The van der Waals surface area contributed by atoms with Crippen LogP contribution in [-0.2, 0) is 4.79 Å². The van der Waals surface area contributed by atoms with Crippen molar-refractivity contribution in [3.63, 3.8) is 0 Å². The number of aromatic nitrogens is 3. The zero-order valence-corrected chi connectivity index (χ0v) is 16.7. The van der Waals surface area contributed by atoms with Crippen LogP contribution >= 0.6 is 0 Å². The van der Waals surface area contributed by atoms with Crippen molar-refractivity contribution in [3.8, 4) is 0 Å². The number of fused-ring (bicyclic) bond motifs is 1. The molecule has 1 aliphatic carbocycles. The topological polar surface area (TPSA) is 62.5 Å². The van der Waals surface area contributed by atoms with Gasteiger partial charge in [0.25, 0.3) is 0 Å². The Morgan fingerprint density at radius 2 is 1.97 bits per heavy atom. The van der Waals surface area contributed by atoms with Gasteiger partial charge in [-0.25, -0.2) is 18.3 Å². The van der Waals surface area contributed by atoms with Crippen molar-refractivity contribution in [2.45, 2.75) is 37.9 Å². The molecule has 2 fully saturated rings. The van der Waals surface area contributed by atoms with E-state index in [4.69, 9.17) is 0 Å². The first-order chi connectivity index (χ1) is 15.2. The van der Waals surface area contributed by atoms with Gasteiger partial charge in [-0.3, -0.25) is 4.79 Å². The molecule has 1 N–H and O–H groups in total. The molecule has 1 aromatic carbocycles. The summed E-state index contributed by atoms with van der Waals surface area (Å²) in [6.45, 7) is 0.538. The van der Waals surface area contributed by atoms with Crippen molar-refractivity contribution in [3.05, 3.63) is 53.9 Å². The van der Waals surface area contributed by atoms with E-state index in [2.05, 4.69) is 15.4 Å². The Balaban J connectivity index is 1.46. The first-order valence-corrected chi connectivity index (χ1v) is 10.1. The number of amides is 1. The molecule has 2 aliphatic rings. The Labute approximate surface area is 179 Å². The van der Waals surface area contributed by atoms with E-state index in [-0.39, 0.29) is 29.7 Å². The van der Waals surface area contributed by atoms with Crippen LogP contribution in [-0.4, -0.2) is 33.2 Å². The minimum Gasteiger partial charge on any atom is -0.349 e. The largest absolute Gasteiger partial charge is 0.403 e. The second-order valence-corrected chi connectivity index (χ2v) is 8.16. The lowest BCUT2D eigenvalue weighted by Crippen LogP contribution is -2.37. The highest BCUT2D eigenvalue weighted by Crippen LogP contribution is 2.58. The molecule has 3 aromatic rings. The summed E-state index contributed by atoms with van der Waals surface area (Å²) in [6, 6.07) is 4.49. The second kappa shape index (κ2) is 7.14. The summed E-state index contributed by atoms with van der Waals surface area (Å²) in [5.74, 6) is -1.77. The number of benzene rings is 1. The van der Waals surface area contributed by atoms with E-state index in [9.17, 15) is 26.7 Å². The third-order valence-electron chi connectivity index (χ3n) is 6.19. The van der Waals surface area contributed by atoms with E-state index in [1.165, 1.54) is 10.7 Å². The molecule has 0 radical (unpaired) electrons. The summed E-state index contributed by atoms with van der Waals surface area (Å²) < 4.78 is 69.2. The maximum atomic E-state index is 14.4. The molecule has 11 heteroatoms. The van der Waals surface area contributed by atoms with Gasteiger partial charge in [-0.1, -0.05) is 0 Å². The van der Waals surface area contributed by atoms with Gasteiger partial charge in [0.1, 0.15) is 28.6 Å². The van der Waals surface area contributed by atoms with Crippen LogP contribution in [0.3, 0.4) is 0 Å². The van der Waals surface area contributed by atoms with Gasteiger partial charge < -0.3 is 10.2 Å². The standard InChI is InChI=1S/C21H18F5N5O/c22-12-3-4-14(23)13(10-12)16-2-1-8-30(16)17-5-9-31-18(29-17)15(11-27-31)28-19(32)20(6-7-20)21(24,25)26/h3-5,9-11,16H,1-2,6-8H2,(H,28,32)/t16-/m1/s1. The number of alkyl halides is 3. The molecule has 168 valence electrons. The van der Waals surface area contributed by atoms with Crippen molar-refractivity contribution in [1.29, 1.82) is 0 Å². The third kappa shape index (κ3) is 3.26. The average Bonchev–Trinajstić information content (AvgIpc) is 3.30. The highest BCUT2D eigenvalue weighted by molar-refractivity contribution is 6.00. The van der Waals surface area contributed by atoms with Crippen molar-refractivity contribution in [2.24, 2.45) is 5.41 Å². The number of carbonyl (C=O) groups is 1. The van der Waals surface area contributed by atoms with Crippen LogP contribution in [0.25, 0.3) is 5.65 Å². The Morgan fingerprint density at radius 3 is 2.69 bits per heavy atom. The van der Waals surface area contributed by atoms with Gasteiger partial charge in [0.05, 0.1) is 12.2 Å². The predicted molar refractivity (Wildman–Crippen MR) is 105 cm³/mol. The number of hydrogen-bond donors (Lipinski definition) is 1. The van der Waals surface area contributed by atoms with Crippen LogP contribution in [0, 0.1) is 17.0 Å². The van der Waals surface area contributed by atoms with E-state index in [0.717, 1.165) is 24.6 Å². The summed E-state index contributed by atoms with van der Waals surface area (Å²) in [7, 11) is 0. The summed E-state index contributed by atoms with van der Waals surface area (Å²) in [4.78, 5) is 18.6. The third-order valence-corrected chi connectivity index (χ3v) is 6.19. The number of halogens is 5. The van der Waals surface area contributed by atoms with Crippen molar-refractivity contribution in [1.82, 2.24) is 14.6 Å². The number of anilines is 2. The summed E-state index contributed by atoms with van der Waals surface area (Å²) in [5.41, 5.74) is -1.93. The molecular weight excluding hydrogens is 433 g/mol. The van der Waals surface area contributed by atoms with E-state index in [1.807, 2.05) is 4.90 Å². The lowest BCUT2D eigenvalue weighted by Gasteiger charge is -2.26. The maximum Gasteiger partial charge on any atom is 0.403 e. The minimum absolute atomic E-state index is 0.0556. The molecule has 0 spiro atoms. The molecule has 6 nitrogen and oxygen atoms in total. The van der Waals surface area contributed by atoms with E-state index in [1.54, 1.807) is 12.3 Å². The smallest absolute Gasteiger partial charge is 0.349 e. The highest BCUT2D eigenvalue weighted by Gasteiger charge is 2.68. The van der Waals surface area contributed by atoms with Gasteiger partial charge in [-0.2, -0.15) is 18.3 Å². The number of nitrogens with one attached hydrogen (secondary N) is 1. The Bertz CT molecular complexity index is 1200. The van der Waals surface area contributed by atoms with Crippen LogP contribution in [0.2, 0.25) is 0 Å². The quantitative estimate of drug-likeness (QED) is 0.588. The zero-order chi connectivity index (χ0) is 22.7. The molecule has 3 heterocycles. The summed E-state index contributed by atoms with van der Waals surface area (Å²) in [5, 5.41) is 6.36. The molecule has 1 saturated carbocycles. The van der Waals surface area contributed by atoms with Crippen molar-refractivity contribution in [2.75, 3.05) is 16.8 Å². The molecule has 1 saturated heterocycles. The Kier molecular flexibility index (Phi) is 4.61. The first kappa shape index (κ1) is 20.7. The average molecular weight is 451 g/mol. The van der Waals surface area contributed by atoms with E-state index < -0.39 is 35.2 Å². The Morgan fingerprint density at radius 1 is 1.19 bits per heavy atom. The zero-order valence-electron chi connectivity index (χ0n) is 16.7. The van der Waals surface area contributed by atoms with Gasteiger partial charge >= 0.3 is 6.18 Å². The number of nitrogens with zero attached hydrogens (tertiary/aromatic N) is 4. The van der Waals surface area contributed by atoms with E-state index in [0.29, 0.717) is 18.8 Å². The van der Waals surface area contributed by atoms with Crippen LogP contribution in [0.15, 0.2) is 36.7 Å². The summed E-state index contributed by atoms with van der Waals surface area (Å²) in [6.07, 6.45) is -1.03. The molecule has 5 rings (SSSR count). The fourth-order valence-electron chi connectivity index (χ4n) is 4.25. The van der Waals surface area contributed by atoms with Gasteiger partial charge in [0.2, 0.25) is 5.91 Å². The van der Waals surface area contributed by atoms with Crippen molar-refractivity contribution < 1.29 is 26.7 Å². The minimum atomic E-state index is -4.63. The number of hydrogen-bond acceptors (Lipinski definition) is 4. The predicted octanol–water partition coefficient (Wildman–Crippen LogP) is 4.63. The van der Waals surface area contributed by atoms with Crippen LogP contribution < -0.4 is 10.2 Å². The Hall–Kier alpha value is -3.24. The second-order valence-electron chi connectivity index (χ2n) is 8.16. The normalized spacial score (nSPS) is 20.0. The lowest BCUT2D eigenvalue weighted by atomic mass is 10.0.